The summed E-state index contributed by atoms with van der Waals surface area (Å²) in [5.41, 5.74) is 7.44. The highest BCUT2D eigenvalue weighted by molar-refractivity contribution is 6.07. The number of hydrazone groups is 1. The first kappa shape index (κ1) is 19.2. The Morgan fingerprint density at radius 2 is 1.80 bits per heavy atom. The van der Waals surface area contributed by atoms with Gasteiger partial charge in [0.05, 0.1) is 23.0 Å². The normalized spacial score (nSPS) is 11.7. The molecule has 30 heavy (non-hydrogen) atoms. The molecular weight excluding hydrogens is 372 g/mol. The van der Waals surface area contributed by atoms with Gasteiger partial charge in [-0.15, -0.1) is 0 Å². The fourth-order valence-electron chi connectivity index (χ4n) is 3.13. The highest BCUT2D eigenvalue weighted by atomic mass is 16.2. The number of hydrogen-bond acceptors (Lipinski definition) is 4. The molecule has 2 aromatic carbocycles. The number of hydrogen-bond donors (Lipinski definition) is 1. The van der Waals surface area contributed by atoms with E-state index in [9.17, 15) is 4.79 Å². The first-order valence-corrected chi connectivity index (χ1v) is 9.57. The molecular formula is C25H20N4O. The van der Waals surface area contributed by atoms with Crippen LogP contribution in [0.2, 0.25) is 0 Å². The smallest absolute Gasteiger partial charge is 0.267 e. The van der Waals surface area contributed by atoms with Crippen molar-refractivity contribution in [1.29, 1.82) is 0 Å². The average Bonchev–Trinajstić information content (AvgIpc) is 2.79. The first-order valence-electron chi connectivity index (χ1n) is 9.57. The number of nitrogens with one attached hydrogen (secondary N) is 1. The van der Waals surface area contributed by atoms with Gasteiger partial charge in [-0.2, -0.15) is 5.10 Å². The molecule has 146 valence electrons. The van der Waals surface area contributed by atoms with E-state index in [0.29, 0.717) is 11.3 Å². The van der Waals surface area contributed by atoms with Crippen molar-refractivity contribution in [2.24, 2.45) is 5.10 Å². The maximum absolute atomic E-state index is 12.9. The standard InChI is InChI=1S/C25H20N4O/c1-18(14-19-8-3-2-4-9-19)16-27-29-25(30)22-15-24(20-10-7-13-26-17-20)28-23-12-6-5-11-21(22)23/h2-17H,1H3,(H,29,30)/b18-14+,27-16-. The van der Waals surface area contributed by atoms with Gasteiger partial charge in [0, 0.05) is 23.3 Å². The van der Waals surface area contributed by atoms with Crippen LogP contribution in [-0.4, -0.2) is 22.1 Å². The van der Waals surface area contributed by atoms with Crippen LogP contribution >= 0.6 is 0 Å². The molecule has 0 aliphatic carbocycles. The summed E-state index contributed by atoms with van der Waals surface area (Å²) in [5.74, 6) is -0.289. The predicted octanol–water partition coefficient (Wildman–Crippen LogP) is 5.12. The van der Waals surface area contributed by atoms with Crippen LogP contribution in [0.4, 0.5) is 0 Å². The van der Waals surface area contributed by atoms with Gasteiger partial charge in [0.1, 0.15) is 0 Å². The molecule has 0 saturated carbocycles. The van der Waals surface area contributed by atoms with E-state index in [1.165, 1.54) is 0 Å². The zero-order valence-electron chi connectivity index (χ0n) is 16.5. The van der Waals surface area contributed by atoms with Gasteiger partial charge in [-0.25, -0.2) is 10.4 Å². The van der Waals surface area contributed by atoms with E-state index in [0.717, 1.165) is 27.6 Å². The summed E-state index contributed by atoms with van der Waals surface area (Å²) in [5, 5.41) is 4.90. The fraction of sp³-hybridized carbons (Fsp3) is 0.0400. The van der Waals surface area contributed by atoms with Crippen LogP contribution in [0.1, 0.15) is 22.8 Å². The van der Waals surface area contributed by atoms with Crippen molar-refractivity contribution in [1.82, 2.24) is 15.4 Å². The number of benzene rings is 2. The zero-order valence-corrected chi connectivity index (χ0v) is 16.5. The van der Waals surface area contributed by atoms with E-state index in [4.69, 9.17) is 0 Å². The quantitative estimate of drug-likeness (QED) is 0.379. The Morgan fingerprint density at radius 3 is 2.60 bits per heavy atom. The van der Waals surface area contributed by atoms with Crippen molar-refractivity contribution in [2.45, 2.75) is 6.92 Å². The Bertz CT molecular complexity index is 1230. The van der Waals surface area contributed by atoms with Gasteiger partial charge in [0.25, 0.3) is 5.91 Å². The number of fused-ring (bicyclic) bond motifs is 1. The molecule has 0 aliphatic heterocycles. The number of amides is 1. The van der Waals surface area contributed by atoms with Gasteiger partial charge < -0.3 is 0 Å². The van der Waals surface area contributed by atoms with E-state index in [2.05, 4.69) is 20.5 Å². The average molecular weight is 392 g/mol. The van der Waals surface area contributed by atoms with Crippen molar-refractivity contribution in [3.05, 3.63) is 102 Å². The van der Waals surface area contributed by atoms with E-state index in [-0.39, 0.29) is 5.91 Å². The maximum Gasteiger partial charge on any atom is 0.272 e. The van der Waals surface area contributed by atoms with Gasteiger partial charge in [0.2, 0.25) is 0 Å². The summed E-state index contributed by atoms with van der Waals surface area (Å²) in [6.07, 6.45) is 7.07. The van der Waals surface area contributed by atoms with Crippen molar-refractivity contribution in [3.63, 3.8) is 0 Å². The van der Waals surface area contributed by atoms with Crippen LogP contribution < -0.4 is 5.43 Å². The van der Waals surface area contributed by atoms with Gasteiger partial charge >= 0.3 is 0 Å². The summed E-state index contributed by atoms with van der Waals surface area (Å²) in [4.78, 5) is 21.7. The third kappa shape index (κ3) is 4.47. The highest BCUT2D eigenvalue weighted by Gasteiger charge is 2.13. The van der Waals surface area contributed by atoms with Crippen molar-refractivity contribution in [2.75, 3.05) is 0 Å². The van der Waals surface area contributed by atoms with E-state index in [1.807, 2.05) is 79.7 Å². The van der Waals surface area contributed by atoms with Gasteiger partial charge in [-0.05, 0) is 42.3 Å². The minimum atomic E-state index is -0.289. The first-order chi connectivity index (χ1) is 14.7. The number of aromatic nitrogens is 2. The Balaban J connectivity index is 1.60. The zero-order chi connectivity index (χ0) is 20.8. The summed E-state index contributed by atoms with van der Waals surface area (Å²) >= 11 is 0. The molecule has 0 bridgehead atoms. The molecule has 0 fully saturated rings. The number of rotatable bonds is 5. The van der Waals surface area contributed by atoms with E-state index in [1.54, 1.807) is 24.7 Å². The van der Waals surface area contributed by atoms with E-state index < -0.39 is 0 Å². The van der Waals surface area contributed by atoms with Crippen LogP contribution in [0.25, 0.3) is 28.2 Å². The second-order valence-corrected chi connectivity index (χ2v) is 6.81. The van der Waals surface area contributed by atoms with Crippen molar-refractivity contribution < 1.29 is 4.79 Å². The molecule has 1 amide bonds. The molecule has 5 nitrogen and oxygen atoms in total. The maximum atomic E-state index is 12.9. The third-order valence-corrected chi connectivity index (χ3v) is 4.55. The van der Waals surface area contributed by atoms with Crippen LogP contribution in [0.3, 0.4) is 0 Å². The molecule has 0 atom stereocenters. The molecule has 0 radical (unpaired) electrons. The van der Waals surface area contributed by atoms with Crippen LogP contribution in [0.15, 0.2) is 95.9 Å². The second kappa shape index (κ2) is 8.92. The lowest BCUT2D eigenvalue weighted by Gasteiger charge is -2.08. The summed E-state index contributed by atoms with van der Waals surface area (Å²) in [6, 6.07) is 23.1. The lowest BCUT2D eigenvalue weighted by Crippen LogP contribution is -2.18. The number of carbonyl (C=O) groups excluding carboxylic acids is 1. The topological polar surface area (TPSA) is 67.2 Å². The Labute approximate surface area is 174 Å². The molecule has 0 saturated heterocycles. The molecule has 2 heterocycles. The molecule has 1 N–H and O–H groups in total. The molecule has 5 heteroatoms. The minimum absolute atomic E-state index is 0.289. The monoisotopic (exact) mass is 392 g/mol. The predicted molar refractivity (Wildman–Crippen MR) is 121 cm³/mol. The Kier molecular flexibility index (Phi) is 5.71. The molecule has 0 aliphatic rings. The summed E-state index contributed by atoms with van der Waals surface area (Å²) in [7, 11) is 0. The number of nitrogens with zero attached hydrogens (tertiary/aromatic N) is 3. The fourth-order valence-corrected chi connectivity index (χ4v) is 3.13. The van der Waals surface area contributed by atoms with Gasteiger partial charge in [-0.3, -0.25) is 9.78 Å². The Morgan fingerprint density at radius 1 is 1.00 bits per heavy atom. The number of carbonyl (C=O) groups is 1. The lowest BCUT2D eigenvalue weighted by atomic mass is 10.0. The Hall–Kier alpha value is -4.12. The number of allylic oxidation sites excluding steroid dienone is 1. The van der Waals surface area contributed by atoms with Crippen molar-refractivity contribution in [3.8, 4) is 11.3 Å². The van der Waals surface area contributed by atoms with Crippen molar-refractivity contribution >= 4 is 29.1 Å². The van der Waals surface area contributed by atoms with E-state index >= 15 is 0 Å². The lowest BCUT2D eigenvalue weighted by molar-refractivity contribution is 0.0956. The van der Waals surface area contributed by atoms with Gasteiger partial charge in [-0.1, -0.05) is 54.6 Å². The minimum Gasteiger partial charge on any atom is -0.267 e. The molecule has 0 unspecified atom stereocenters. The largest absolute Gasteiger partial charge is 0.272 e. The molecule has 4 rings (SSSR count). The summed E-state index contributed by atoms with van der Waals surface area (Å²) in [6.45, 7) is 1.94. The number of para-hydroxylation sites is 1. The highest BCUT2D eigenvalue weighted by Crippen LogP contribution is 2.24. The van der Waals surface area contributed by atoms with Crippen LogP contribution in [-0.2, 0) is 0 Å². The van der Waals surface area contributed by atoms with Crippen LogP contribution in [0.5, 0.6) is 0 Å². The third-order valence-electron chi connectivity index (χ3n) is 4.55. The second-order valence-electron chi connectivity index (χ2n) is 6.81. The molecule has 2 aromatic heterocycles. The number of pyridine rings is 2. The molecule has 4 aromatic rings. The van der Waals surface area contributed by atoms with Gasteiger partial charge in [0.15, 0.2) is 0 Å². The summed E-state index contributed by atoms with van der Waals surface area (Å²) < 4.78 is 0. The van der Waals surface area contributed by atoms with Crippen LogP contribution in [0, 0.1) is 0 Å². The molecule has 0 spiro atoms. The SMILES string of the molecule is CC(/C=N\NC(=O)c1cc(-c2cccnc2)nc2ccccc12)=C\c1ccccc1.